The van der Waals surface area contributed by atoms with Gasteiger partial charge in [-0.25, -0.2) is 0 Å². The molecule has 0 saturated heterocycles. The van der Waals surface area contributed by atoms with Crippen molar-refractivity contribution in [2.75, 3.05) is 0 Å². The molecule has 0 spiro atoms. The molecule has 2 aliphatic carbocycles. The fourth-order valence-corrected chi connectivity index (χ4v) is 3.05. The molecule has 0 aliphatic heterocycles. The van der Waals surface area contributed by atoms with Crippen LogP contribution in [-0.2, 0) is 0 Å². The van der Waals surface area contributed by atoms with E-state index in [-0.39, 0.29) is 5.41 Å². The first kappa shape index (κ1) is 12.8. The zero-order valence-electron chi connectivity index (χ0n) is 9.38. The summed E-state index contributed by atoms with van der Waals surface area (Å²) in [6.45, 7) is 3.35. The van der Waals surface area contributed by atoms with Crippen LogP contribution >= 0.6 is 0 Å². The standard InChI is InChI=1S/C10H14F3.2Rf/c1-8-4-3-7(5-8)9(2,6-8)10(11,12)13;;/h3-6H2,1-2H3;;/q-1;;. The molecule has 2 saturated carbocycles. The minimum absolute atomic E-state index is 0. The van der Waals surface area contributed by atoms with Crippen molar-refractivity contribution < 1.29 is 13.2 Å². The summed E-state index contributed by atoms with van der Waals surface area (Å²) in [6.07, 6.45) is -1.40. The Morgan fingerprint density at radius 2 is 1.67 bits per heavy atom. The minimum atomic E-state index is -4.04. The average Bonchev–Trinajstić information content (AvgIpc) is 2.38. The van der Waals surface area contributed by atoms with Gasteiger partial charge in [-0.1, -0.05) is 37.5 Å². The van der Waals surface area contributed by atoms with Gasteiger partial charge in [0.15, 0.2) is 0 Å². The molecular weight excluding hydrogens is 711 g/mol. The molecule has 2 bridgehead atoms. The van der Waals surface area contributed by atoms with Gasteiger partial charge in [0.25, 0.3) is 0 Å². The largest absolute Gasteiger partial charge is 0.368 e. The number of alkyl halides is 3. The normalized spacial score (nSPS) is 39.8. The summed E-state index contributed by atoms with van der Waals surface area (Å²) in [7, 11) is 0. The summed E-state index contributed by atoms with van der Waals surface area (Å²) in [5, 5.41) is 0. The molecule has 0 aromatic heterocycles. The van der Waals surface area contributed by atoms with Gasteiger partial charge in [0.2, 0.25) is 0 Å². The van der Waals surface area contributed by atoms with Gasteiger partial charge >= 0.3 is 6.18 Å². The molecule has 2 aliphatic rings. The van der Waals surface area contributed by atoms with E-state index in [4.69, 9.17) is 0 Å². The molecule has 0 heterocycles. The van der Waals surface area contributed by atoms with E-state index in [1.54, 1.807) is 0 Å². The fraction of sp³-hybridized carbons (Fsp3) is 0.900. The van der Waals surface area contributed by atoms with Crippen LogP contribution in [0.4, 0.5) is 13.2 Å². The maximum absolute atomic E-state index is 12.8. The van der Waals surface area contributed by atoms with Crippen LogP contribution in [0.2, 0.25) is 0 Å². The fourth-order valence-electron chi connectivity index (χ4n) is 3.05. The topological polar surface area (TPSA) is 0 Å². The van der Waals surface area contributed by atoms with Gasteiger partial charge in [0.05, 0.1) is 0 Å². The minimum Gasteiger partial charge on any atom is -0.299 e. The molecule has 80 valence electrons. The Morgan fingerprint density at radius 3 is 1.87 bits per heavy atom. The van der Waals surface area contributed by atoms with Crippen molar-refractivity contribution in [3.63, 3.8) is 0 Å². The Kier molecular flexibility index (Phi) is 2.25. The zero-order valence-corrected chi connectivity index (χ0v) is 22.2. The Balaban J connectivity index is 0.000000980. The summed E-state index contributed by atoms with van der Waals surface area (Å²) < 4.78 is 38.3. The van der Waals surface area contributed by atoms with E-state index in [1.807, 2.05) is 6.92 Å². The van der Waals surface area contributed by atoms with Crippen molar-refractivity contribution in [3.8, 4) is 0 Å². The third-order valence-corrected chi connectivity index (χ3v) is 3.86. The van der Waals surface area contributed by atoms with Gasteiger partial charge in [-0.15, -0.1) is 0 Å². The second-order valence-electron chi connectivity index (χ2n) is 5.10. The molecule has 2 fully saturated rings. The van der Waals surface area contributed by atoms with Gasteiger partial charge in [0.1, 0.15) is 0 Å². The SMILES string of the molecule is CC12CC[C-](C1)C(C)(C(F)(F)F)C2.[Rf].[Rf]. The smallest absolute Gasteiger partial charge is 0.299 e. The Hall–Kier alpha value is -2.21. The first-order valence-corrected chi connectivity index (χ1v) is 4.69. The first-order chi connectivity index (χ1) is 5.77. The molecule has 15 heavy (non-hydrogen) atoms. The van der Waals surface area contributed by atoms with E-state index in [1.165, 1.54) is 6.92 Å². The summed E-state index contributed by atoms with van der Waals surface area (Å²) >= 11 is 0. The van der Waals surface area contributed by atoms with Crippen LogP contribution in [0.15, 0.2) is 0 Å². The average molecular weight is 725 g/mol. The van der Waals surface area contributed by atoms with Gasteiger partial charge in [-0.3, -0.25) is 5.92 Å². The summed E-state index contributed by atoms with van der Waals surface area (Å²) in [5.41, 5.74) is -1.53. The van der Waals surface area contributed by atoms with Gasteiger partial charge in [0, 0.05) is 0 Å². The Labute approximate surface area is 76.5 Å². The van der Waals surface area contributed by atoms with E-state index in [0.717, 1.165) is 12.3 Å². The molecule has 2 unspecified atom stereocenters. The van der Waals surface area contributed by atoms with Gasteiger partial charge in [-0.05, 0) is 0 Å². The van der Waals surface area contributed by atoms with E-state index >= 15 is 0 Å². The van der Waals surface area contributed by atoms with Crippen molar-refractivity contribution in [1.29, 1.82) is 0 Å². The quantitative estimate of drug-likeness (QED) is 0.335. The van der Waals surface area contributed by atoms with Crippen molar-refractivity contribution in [3.05, 3.63) is 5.92 Å². The summed E-state index contributed by atoms with van der Waals surface area (Å²) in [5.74, 6) is 0.738. The van der Waals surface area contributed by atoms with E-state index < -0.39 is 11.6 Å². The Bertz CT molecular complexity index is 241. The van der Waals surface area contributed by atoms with Crippen molar-refractivity contribution in [1.82, 2.24) is 0 Å². The molecule has 0 amide bonds. The van der Waals surface area contributed by atoms with E-state index in [0.29, 0.717) is 19.3 Å². The van der Waals surface area contributed by atoms with Crippen molar-refractivity contribution >= 4 is 0 Å². The van der Waals surface area contributed by atoms with Crippen LogP contribution in [0, 0.1) is 16.7 Å². The summed E-state index contributed by atoms with van der Waals surface area (Å²) in [4.78, 5) is 0. The molecule has 2 atom stereocenters. The van der Waals surface area contributed by atoms with E-state index in [2.05, 4.69) is 0 Å². The van der Waals surface area contributed by atoms with Gasteiger partial charge < -0.3 is 0 Å². The molecule has 2 rings (SSSR count). The van der Waals surface area contributed by atoms with Crippen LogP contribution in [0.5, 0.6) is 0 Å². The maximum atomic E-state index is 12.8. The predicted molar refractivity (Wildman–Crippen MR) is 44.0 cm³/mol. The number of hydrogen-bond acceptors (Lipinski definition) is 0. The molecule has 0 N–H and O–H groups in total. The molecule has 0 aromatic carbocycles. The van der Waals surface area contributed by atoms with Crippen molar-refractivity contribution in [2.45, 2.75) is 45.7 Å². The second kappa shape index (κ2) is 2.64. The summed E-state index contributed by atoms with van der Waals surface area (Å²) in [6, 6.07) is 0. The zero-order chi connectivity index (χ0) is 9.91. The first-order valence-electron chi connectivity index (χ1n) is 4.69. The molecule has 5 heteroatoms. The van der Waals surface area contributed by atoms with Crippen LogP contribution in [-0.4, -0.2) is 6.18 Å². The Morgan fingerprint density at radius 1 is 1.13 bits per heavy atom. The monoisotopic (exact) mass is 725 g/mol. The molecule has 0 radical (unpaired) electrons. The van der Waals surface area contributed by atoms with Crippen LogP contribution in [0.25, 0.3) is 0 Å². The van der Waals surface area contributed by atoms with Crippen LogP contribution < -0.4 is 0 Å². The van der Waals surface area contributed by atoms with Crippen LogP contribution in [0.1, 0.15) is 39.5 Å². The molecule has 0 nitrogen and oxygen atoms in total. The second-order valence-corrected chi connectivity index (χ2v) is 5.10. The number of halogens is 3. The van der Waals surface area contributed by atoms with Crippen LogP contribution in [0.3, 0.4) is 0 Å². The molecule has 0 aromatic rings. The third kappa shape index (κ3) is 1.27. The van der Waals surface area contributed by atoms with E-state index in [9.17, 15) is 13.2 Å². The van der Waals surface area contributed by atoms with Crippen molar-refractivity contribution in [2.24, 2.45) is 10.8 Å². The third-order valence-electron chi connectivity index (χ3n) is 3.86. The number of hydrogen-bond donors (Lipinski definition) is 0. The maximum Gasteiger partial charge on any atom is 0.368 e. The number of rotatable bonds is 0. The molecular formula is C10H14F3Rf2-. The predicted octanol–water partition coefficient (Wildman–Crippen LogP) is 3.72. The van der Waals surface area contributed by atoms with Gasteiger partial charge in [-0.2, -0.15) is 26.0 Å². The number of fused-ring (bicyclic) bond motifs is 2.